The maximum atomic E-state index is 12.2. The first kappa shape index (κ1) is 14.3. The molecule has 3 atom stereocenters. The van der Waals surface area contributed by atoms with Crippen LogP contribution in [0.3, 0.4) is 0 Å². The monoisotopic (exact) mass is 280 g/mol. The van der Waals surface area contributed by atoms with Gasteiger partial charge in [0.15, 0.2) is 0 Å². The Morgan fingerprint density at radius 3 is 2.55 bits per heavy atom. The maximum Gasteiger partial charge on any atom is 0.320 e. The molecule has 0 radical (unpaired) electrons. The Morgan fingerprint density at radius 1 is 1.30 bits per heavy atom. The molecule has 0 spiro atoms. The van der Waals surface area contributed by atoms with Gasteiger partial charge in [0.05, 0.1) is 6.54 Å². The van der Waals surface area contributed by atoms with Crippen LogP contribution in [0.1, 0.15) is 40.0 Å². The Morgan fingerprint density at radius 2 is 2.00 bits per heavy atom. The van der Waals surface area contributed by atoms with Crippen molar-refractivity contribution in [2.75, 3.05) is 32.7 Å². The highest BCUT2D eigenvalue weighted by atomic mass is 16.5. The molecule has 2 bridgehead atoms. The van der Waals surface area contributed by atoms with E-state index in [1.807, 2.05) is 0 Å². The lowest BCUT2D eigenvalue weighted by Gasteiger charge is -2.38. The molecular formula is C16H28N2O2. The Balaban J connectivity index is 1.57. The summed E-state index contributed by atoms with van der Waals surface area (Å²) in [5, 5.41) is 3.31. The molecular weight excluding hydrogens is 252 g/mol. The number of fused-ring (bicyclic) bond motifs is 2. The van der Waals surface area contributed by atoms with Crippen LogP contribution in [0.2, 0.25) is 0 Å². The van der Waals surface area contributed by atoms with Gasteiger partial charge < -0.3 is 10.1 Å². The average molecular weight is 280 g/mol. The number of hydrogen-bond donors (Lipinski definition) is 1. The third kappa shape index (κ3) is 2.17. The van der Waals surface area contributed by atoms with Gasteiger partial charge in [-0.15, -0.1) is 0 Å². The number of nitrogens with one attached hydrogen (secondary N) is 1. The fraction of sp³-hybridized carbons (Fsp3) is 0.938. The van der Waals surface area contributed by atoms with Gasteiger partial charge in [-0.05, 0) is 30.6 Å². The van der Waals surface area contributed by atoms with Gasteiger partial charge in [0.25, 0.3) is 0 Å². The van der Waals surface area contributed by atoms with Gasteiger partial charge in [0, 0.05) is 31.6 Å². The minimum atomic E-state index is -0.0264. The zero-order chi connectivity index (χ0) is 14.4. The van der Waals surface area contributed by atoms with Crippen LogP contribution in [0.5, 0.6) is 0 Å². The lowest BCUT2D eigenvalue weighted by atomic mass is 9.70. The van der Waals surface area contributed by atoms with Crippen molar-refractivity contribution in [1.29, 1.82) is 0 Å². The fourth-order valence-corrected chi connectivity index (χ4v) is 4.56. The highest BCUT2D eigenvalue weighted by molar-refractivity contribution is 5.72. The molecule has 1 heterocycles. The zero-order valence-electron chi connectivity index (χ0n) is 13.1. The van der Waals surface area contributed by atoms with Gasteiger partial charge in [-0.3, -0.25) is 9.69 Å². The van der Waals surface area contributed by atoms with Crippen LogP contribution in [0, 0.1) is 16.7 Å². The molecule has 3 rings (SSSR count). The van der Waals surface area contributed by atoms with Crippen LogP contribution < -0.4 is 5.32 Å². The van der Waals surface area contributed by atoms with E-state index in [1.54, 1.807) is 0 Å². The Hall–Kier alpha value is -0.610. The van der Waals surface area contributed by atoms with Crippen LogP contribution in [0.15, 0.2) is 0 Å². The topological polar surface area (TPSA) is 41.6 Å². The number of esters is 1. The fourth-order valence-electron chi connectivity index (χ4n) is 4.56. The minimum Gasteiger partial charge on any atom is -0.461 e. The van der Waals surface area contributed by atoms with Gasteiger partial charge >= 0.3 is 5.97 Å². The number of piperazine rings is 1. The molecule has 4 heteroatoms. The number of nitrogens with zero attached hydrogens (tertiary/aromatic N) is 1. The summed E-state index contributed by atoms with van der Waals surface area (Å²) in [5.74, 6) is 0.700. The third-order valence-corrected chi connectivity index (χ3v) is 6.55. The number of hydrogen-bond acceptors (Lipinski definition) is 4. The molecule has 1 N–H and O–H groups in total. The Bertz CT molecular complexity index is 390. The quantitative estimate of drug-likeness (QED) is 0.798. The van der Waals surface area contributed by atoms with Crippen molar-refractivity contribution in [2.24, 2.45) is 16.7 Å². The molecule has 1 aliphatic heterocycles. The average Bonchev–Trinajstić information content (AvgIpc) is 2.73. The first-order valence-corrected chi connectivity index (χ1v) is 8.06. The molecule has 2 aliphatic carbocycles. The molecule has 4 nitrogen and oxygen atoms in total. The highest BCUT2D eigenvalue weighted by Gasteiger charge is 2.62. The number of carbonyl (C=O) groups is 1. The molecule has 2 saturated carbocycles. The maximum absolute atomic E-state index is 12.2. The van der Waals surface area contributed by atoms with Gasteiger partial charge in [0.2, 0.25) is 0 Å². The zero-order valence-corrected chi connectivity index (χ0v) is 13.1. The Kier molecular flexibility index (Phi) is 3.57. The van der Waals surface area contributed by atoms with Crippen LogP contribution in [-0.4, -0.2) is 49.7 Å². The van der Waals surface area contributed by atoms with Crippen LogP contribution in [0.4, 0.5) is 0 Å². The van der Waals surface area contributed by atoms with E-state index in [4.69, 9.17) is 4.74 Å². The summed E-state index contributed by atoms with van der Waals surface area (Å²) in [7, 11) is 0. The SMILES string of the molecule is CC1(C)C2CCC1(C)C(OC(=O)CN1CCNCC1)C2. The second-order valence-corrected chi connectivity index (χ2v) is 7.62. The van der Waals surface area contributed by atoms with E-state index < -0.39 is 0 Å². The summed E-state index contributed by atoms with van der Waals surface area (Å²) < 4.78 is 5.89. The van der Waals surface area contributed by atoms with Crippen LogP contribution in [0.25, 0.3) is 0 Å². The van der Waals surface area contributed by atoms with Crippen molar-refractivity contribution in [3.8, 4) is 0 Å². The van der Waals surface area contributed by atoms with E-state index in [-0.39, 0.29) is 17.5 Å². The van der Waals surface area contributed by atoms with Gasteiger partial charge in [-0.25, -0.2) is 0 Å². The van der Waals surface area contributed by atoms with Crippen molar-refractivity contribution in [2.45, 2.75) is 46.1 Å². The standard InChI is InChI=1S/C16H28N2O2/c1-15(2)12-4-5-16(15,3)13(10-12)20-14(19)11-18-8-6-17-7-9-18/h12-13,17H,4-11H2,1-3H3. The van der Waals surface area contributed by atoms with Crippen molar-refractivity contribution in [3.05, 3.63) is 0 Å². The van der Waals surface area contributed by atoms with Crippen molar-refractivity contribution < 1.29 is 9.53 Å². The van der Waals surface area contributed by atoms with E-state index in [1.165, 1.54) is 12.8 Å². The molecule has 0 amide bonds. The highest BCUT2D eigenvalue weighted by Crippen LogP contribution is 2.66. The first-order chi connectivity index (χ1) is 9.43. The molecule has 0 aromatic heterocycles. The molecule has 0 aromatic carbocycles. The summed E-state index contributed by atoms with van der Waals surface area (Å²) in [6.45, 7) is 11.3. The molecule has 3 unspecified atom stereocenters. The van der Waals surface area contributed by atoms with E-state index in [0.29, 0.717) is 12.0 Å². The number of carbonyl (C=O) groups excluding carboxylic acids is 1. The predicted molar refractivity (Wildman–Crippen MR) is 78.4 cm³/mol. The minimum absolute atomic E-state index is 0.0264. The van der Waals surface area contributed by atoms with Crippen molar-refractivity contribution in [1.82, 2.24) is 10.2 Å². The smallest absolute Gasteiger partial charge is 0.320 e. The summed E-state index contributed by atoms with van der Waals surface area (Å²) in [4.78, 5) is 14.4. The first-order valence-electron chi connectivity index (χ1n) is 8.06. The third-order valence-electron chi connectivity index (χ3n) is 6.55. The summed E-state index contributed by atoms with van der Waals surface area (Å²) >= 11 is 0. The normalized spacial score (nSPS) is 40.0. The van der Waals surface area contributed by atoms with Gasteiger partial charge in [-0.2, -0.15) is 0 Å². The van der Waals surface area contributed by atoms with Crippen LogP contribution in [-0.2, 0) is 9.53 Å². The molecule has 3 aliphatic rings. The molecule has 114 valence electrons. The predicted octanol–water partition coefficient (Wildman–Crippen LogP) is 1.65. The van der Waals surface area contributed by atoms with Crippen LogP contribution >= 0.6 is 0 Å². The summed E-state index contributed by atoms with van der Waals surface area (Å²) in [6.07, 6.45) is 3.70. The lowest BCUT2D eigenvalue weighted by molar-refractivity contribution is -0.158. The molecule has 1 saturated heterocycles. The molecule has 20 heavy (non-hydrogen) atoms. The van der Waals surface area contributed by atoms with Crippen molar-refractivity contribution in [3.63, 3.8) is 0 Å². The number of rotatable bonds is 3. The molecule has 0 aromatic rings. The second kappa shape index (κ2) is 4.99. The number of ether oxygens (including phenoxy) is 1. The van der Waals surface area contributed by atoms with E-state index >= 15 is 0 Å². The second-order valence-electron chi connectivity index (χ2n) is 7.62. The summed E-state index contributed by atoms with van der Waals surface area (Å²) in [5.41, 5.74) is 0.490. The van der Waals surface area contributed by atoms with E-state index in [0.717, 1.165) is 38.5 Å². The van der Waals surface area contributed by atoms with E-state index in [2.05, 4.69) is 31.0 Å². The van der Waals surface area contributed by atoms with E-state index in [9.17, 15) is 4.79 Å². The lowest BCUT2D eigenvalue weighted by Crippen LogP contribution is -2.47. The van der Waals surface area contributed by atoms with Crippen molar-refractivity contribution >= 4 is 5.97 Å². The Labute approximate surface area is 122 Å². The van der Waals surface area contributed by atoms with Gasteiger partial charge in [0.1, 0.15) is 6.10 Å². The summed E-state index contributed by atoms with van der Waals surface area (Å²) in [6, 6.07) is 0. The molecule has 3 fully saturated rings. The van der Waals surface area contributed by atoms with Gasteiger partial charge in [-0.1, -0.05) is 20.8 Å². The largest absolute Gasteiger partial charge is 0.461 e.